The smallest absolute Gasteiger partial charge is 0.335 e. The topological polar surface area (TPSA) is 110 Å². The Hall–Kier alpha value is -2.95. The van der Waals surface area contributed by atoms with Crippen molar-refractivity contribution in [3.8, 4) is 0 Å². The normalized spacial score (nSPS) is 19.6. The molecule has 3 heterocycles. The van der Waals surface area contributed by atoms with Gasteiger partial charge in [-0.15, -0.1) is 0 Å². The zero-order chi connectivity index (χ0) is 23.7. The SMILES string of the molecule is CN1CCN(C(=O)CN2CCN([C@H](C(=O)O)c3cn(C)c4ccc(C(=O)O)cc34)CC2)CC1. The van der Waals surface area contributed by atoms with Gasteiger partial charge in [-0.05, 0) is 25.2 Å². The first kappa shape index (κ1) is 23.2. The van der Waals surface area contributed by atoms with Crippen LogP contribution in [0.25, 0.3) is 10.9 Å². The van der Waals surface area contributed by atoms with Crippen molar-refractivity contribution in [2.75, 3.05) is 66.0 Å². The van der Waals surface area contributed by atoms with Crippen LogP contribution in [0.1, 0.15) is 22.0 Å². The quantitative estimate of drug-likeness (QED) is 0.641. The lowest BCUT2D eigenvalue weighted by Crippen LogP contribution is -2.54. The van der Waals surface area contributed by atoms with Crippen molar-refractivity contribution in [3.63, 3.8) is 0 Å². The van der Waals surface area contributed by atoms with E-state index in [0.29, 0.717) is 43.7 Å². The van der Waals surface area contributed by atoms with Gasteiger partial charge in [0.1, 0.15) is 6.04 Å². The fourth-order valence-electron chi connectivity index (χ4n) is 4.79. The molecule has 178 valence electrons. The highest BCUT2D eigenvalue weighted by molar-refractivity contribution is 5.96. The number of carboxylic acid groups (broad SMARTS) is 2. The van der Waals surface area contributed by atoms with Gasteiger partial charge in [0.2, 0.25) is 5.91 Å². The monoisotopic (exact) mass is 457 g/mol. The summed E-state index contributed by atoms with van der Waals surface area (Å²) in [6, 6.07) is 3.91. The maximum atomic E-state index is 12.7. The number of fused-ring (bicyclic) bond motifs is 1. The predicted octanol–water partition coefficient (Wildman–Crippen LogP) is 0.394. The van der Waals surface area contributed by atoms with Crippen molar-refractivity contribution in [2.45, 2.75) is 6.04 Å². The van der Waals surface area contributed by atoms with Crippen LogP contribution in [-0.4, -0.2) is 118 Å². The lowest BCUT2D eigenvalue weighted by Gasteiger charge is -2.39. The molecule has 33 heavy (non-hydrogen) atoms. The third kappa shape index (κ3) is 4.87. The number of amides is 1. The Labute approximate surface area is 192 Å². The van der Waals surface area contributed by atoms with Crippen LogP contribution in [0, 0.1) is 0 Å². The Kier molecular flexibility index (Phi) is 6.68. The minimum absolute atomic E-state index is 0.126. The molecule has 0 bridgehead atoms. The number of hydrogen-bond donors (Lipinski definition) is 2. The number of aliphatic carboxylic acids is 1. The number of aromatic carboxylic acids is 1. The van der Waals surface area contributed by atoms with Crippen LogP contribution in [0.3, 0.4) is 0 Å². The number of carbonyl (C=O) groups is 3. The van der Waals surface area contributed by atoms with E-state index >= 15 is 0 Å². The van der Waals surface area contributed by atoms with Gasteiger partial charge in [-0.1, -0.05) is 0 Å². The highest BCUT2D eigenvalue weighted by atomic mass is 16.4. The van der Waals surface area contributed by atoms with Crippen LogP contribution in [0.5, 0.6) is 0 Å². The summed E-state index contributed by atoms with van der Waals surface area (Å²) in [5, 5.41) is 20.1. The van der Waals surface area contributed by atoms with E-state index in [1.165, 1.54) is 6.07 Å². The van der Waals surface area contributed by atoms with E-state index < -0.39 is 18.0 Å². The number of benzene rings is 1. The Morgan fingerprint density at radius 1 is 0.939 bits per heavy atom. The molecule has 0 spiro atoms. The first-order valence-corrected chi connectivity index (χ1v) is 11.2. The molecule has 4 rings (SSSR count). The van der Waals surface area contributed by atoms with Gasteiger partial charge in [0.05, 0.1) is 12.1 Å². The second-order valence-corrected chi connectivity index (χ2v) is 8.97. The molecule has 1 aromatic carbocycles. The number of hydrogen-bond acceptors (Lipinski definition) is 6. The highest BCUT2D eigenvalue weighted by Gasteiger charge is 2.33. The Bertz CT molecular complexity index is 1050. The first-order chi connectivity index (χ1) is 15.7. The van der Waals surface area contributed by atoms with E-state index in [2.05, 4.69) is 16.8 Å². The summed E-state index contributed by atoms with van der Waals surface area (Å²) in [5.74, 6) is -1.89. The predicted molar refractivity (Wildman–Crippen MR) is 122 cm³/mol. The molecule has 2 saturated heterocycles. The highest BCUT2D eigenvalue weighted by Crippen LogP contribution is 2.31. The molecule has 1 amide bonds. The van der Waals surface area contributed by atoms with Crippen molar-refractivity contribution in [1.29, 1.82) is 0 Å². The van der Waals surface area contributed by atoms with E-state index in [1.807, 2.05) is 21.4 Å². The van der Waals surface area contributed by atoms with Crippen LogP contribution in [0.15, 0.2) is 24.4 Å². The lowest BCUT2D eigenvalue weighted by molar-refractivity contribution is -0.145. The maximum absolute atomic E-state index is 12.7. The van der Waals surface area contributed by atoms with Gasteiger partial charge in [-0.25, -0.2) is 4.79 Å². The molecule has 2 aliphatic heterocycles. The Morgan fingerprint density at radius 2 is 1.61 bits per heavy atom. The summed E-state index contributed by atoms with van der Waals surface area (Å²) in [4.78, 5) is 44.5. The number of carboxylic acids is 2. The standard InChI is InChI=1S/C23H31N5O5/c1-24-5-9-27(10-6-24)20(29)15-26-7-11-28(12-8-26)21(23(32)33)18-14-25(2)19-4-3-16(22(30)31)13-17(18)19/h3-4,13-14,21H,5-12,15H2,1-2H3,(H,30,31)(H,32,33)/t21-/m0/s1. The molecule has 0 radical (unpaired) electrons. The number of likely N-dealkylation sites (N-methyl/N-ethyl adjacent to an activating group) is 1. The number of rotatable bonds is 6. The minimum atomic E-state index is -1.04. The summed E-state index contributed by atoms with van der Waals surface area (Å²) in [6.07, 6.45) is 1.78. The number of aryl methyl sites for hydroxylation is 1. The summed E-state index contributed by atoms with van der Waals surface area (Å²) in [6.45, 7) is 5.85. The molecule has 1 atom stereocenters. The van der Waals surface area contributed by atoms with Crippen molar-refractivity contribution in [3.05, 3.63) is 35.5 Å². The lowest BCUT2D eigenvalue weighted by atomic mass is 10.0. The van der Waals surface area contributed by atoms with Gasteiger partial charge < -0.3 is 24.6 Å². The molecule has 2 N–H and O–H groups in total. The molecule has 0 saturated carbocycles. The molecule has 10 nitrogen and oxygen atoms in total. The van der Waals surface area contributed by atoms with Crippen LogP contribution >= 0.6 is 0 Å². The average molecular weight is 458 g/mol. The molecule has 2 fully saturated rings. The molecule has 10 heteroatoms. The van der Waals surface area contributed by atoms with Crippen LogP contribution in [0.4, 0.5) is 0 Å². The molecule has 2 aromatic rings. The van der Waals surface area contributed by atoms with Gasteiger partial charge >= 0.3 is 11.9 Å². The Morgan fingerprint density at radius 3 is 2.21 bits per heavy atom. The summed E-state index contributed by atoms with van der Waals surface area (Å²) >= 11 is 0. The second-order valence-electron chi connectivity index (χ2n) is 8.97. The molecule has 0 aliphatic carbocycles. The maximum Gasteiger partial charge on any atom is 0.335 e. The number of nitrogens with zero attached hydrogens (tertiary/aromatic N) is 5. The van der Waals surface area contributed by atoms with Gasteiger partial charge in [-0.3, -0.25) is 19.4 Å². The molecular formula is C23H31N5O5. The van der Waals surface area contributed by atoms with Crippen molar-refractivity contribution >= 4 is 28.7 Å². The molecular weight excluding hydrogens is 426 g/mol. The fraction of sp³-hybridized carbons (Fsp3) is 0.522. The zero-order valence-corrected chi connectivity index (χ0v) is 19.1. The first-order valence-electron chi connectivity index (χ1n) is 11.2. The molecule has 0 unspecified atom stereocenters. The largest absolute Gasteiger partial charge is 0.480 e. The van der Waals surface area contributed by atoms with Gasteiger partial charge in [0.25, 0.3) is 0 Å². The second kappa shape index (κ2) is 9.50. The van der Waals surface area contributed by atoms with Crippen LogP contribution < -0.4 is 0 Å². The fourth-order valence-corrected chi connectivity index (χ4v) is 4.79. The molecule has 1 aromatic heterocycles. The summed E-state index contributed by atoms with van der Waals surface area (Å²) in [5.41, 5.74) is 1.51. The number of carbonyl (C=O) groups excluding carboxylic acids is 1. The van der Waals surface area contributed by atoms with E-state index in [-0.39, 0.29) is 11.5 Å². The van der Waals surface area contributed by atoms with E-state index in [0.717, 1.165) is 31.7 Å². The van der Waals surface area contributed by atoms with Crippen LogP contribution in [0.2, 0.25) is 0 Å². The summed E-state index contributed by atoms with van der Waals surface area (Å²) < 4.78 is 1.83. The zero-order valence-electron chi connectivity index (χ0n) is 19.1. The van der Waals surface area contributed by atoms with Crippen molar-refractivity contribution < 1.29 is 24.6 Å². The van der Waals surface area contributed by atoms with E-state index in [9.17, 15) is 24.6 Å². The van der Waals surface area contributed by atoms with E-state index in [1.54, 1.807) is 18.3 Å². The van der Waals surface area contributed by atoms with Crippen molar-refractivity contribution in [1.82, 2.24) is 24.2 Å². The van der Waals surface area contributed by atoms with Gasteiger partial charge in [0.15, 0.2) is 0 Å². The van der Waals surface area contributed by atoms with Gasteiger partial charge in [-0.2, -0.15) is 0 Å². The van der Waals surface area contributed by atoms with Crippen molar-refractivity contribution in [2.24, 2.45) is 7.05 Å². The summed E-state index contributed by atoms with van der Waals surface area (Å²) in [7, 11) is 3.88. The minimum Gasteiger partial charge on any atom is -0.480 e. The average Bonchev–Trinajstić information content (AvgIpc) is 3.10. The molecule has 2 aliphatic rings. The van der Waals surface area contributed by atoms with E-state index in [4.69, 9.17) is 0 Å². The third-order valence-electron chi connectivity index (χ3n) is 6.78. The Balaban J connectivity index is 1.46. The number of aromatic nitrogens is 1. The third-order valence-corrected chi connectivity index (χ3v) is 6.78. The van der Waals surface area contributed by atoms with Crippen LogP contribution in [-0.2, 0) is 16.6 Å². The van der Waals surface area contributed by atoms with Gasteiger partial charge in [0, 0.05) is 82.1 Å². The number of piperazine rings is 2.